The zero-order valence-corrected chi connectivity index (χ0v) is 21.0. The summed E-state index contributed by atoms with van der Waals surface area (Å²) in [6.07, 6.45) is 2.97. The second-order valence-electron chi connectivity index (χ2n) is 7.38. The predicted molar refractivity (Wildman–Crippen MR) is 137 cm³/mol. The van der Waals surface area contributed by atoms with Gasteiger partial charge in [-0.25, -0.2) is 4.99 Å². The molecular formula is C22H35IN4O2S. The topological polar surface area (TPSA) is 58.1 Å². The Hall–Kier alpha value is -0.970. The SMILES string of the molecule is C=CCOc1ccccc1CN=C(NCC)NCC1(N2CCOCC2)CCSC1.I. The van der Waals surface area contributed by atoms with Gasteiger partial charge >= 0.3 is 0 Å². The summed E-state index contributed by atoms with van der Waals surface area (Å²) in [7, 11) is 0. The first-order valence-corrected chi connectivity index (χ1v) is 11.7. The molecule has 0 bridgehead atoms. The van der Waals surface area contributed by atoms with Gasteiger partial charge in [0.25, 0.3) is 0 Å². The van der Waals surface area contributed by atoms with Crippen molar-refractivity contribution >= 4 is 41.7 Å². The van der Waals surface area contributed by atoms with Crippen LogP contribution in [0.4, 0.5) is 0 Å². The van der Waals surface area contributed by atoms with Crippen LogP contribution in [-0.4, -0.2) is 73.9 Å². The molecule has 1 aromatic carbocycles. The molecule has 30 heavy (non-hydrogen) atoms. The average molecular weight is 547 g/mol. The third-order valence-electron chi connectivity index (χ3n) is 5.43. The quantitative estimate of drug-likeness (QED) is 0.215. The van der Waals surface area contributed by atoms with Gasteiger partial charge in [0.2, 0.25) is 0 Å². The van der Waals surface area contributed by atoms with Crippen LogP contribution < -0.4 is 15.4 Å². The fourth-order valence-electron chi connectivity index (χ4n) is 3.81. The van der Waals surface area contributed by atoms with E-state index in [-0.39, 0.29) is 29.5 Å². The van der Waals surface area contributed by atoms with Gasteiger partial charge in [-0.15, -0.1) is 24.0 Å². The van der Waals surface area contributed by atoms with Crippen molar-refractivity contribution in [3.05, 3.63) is 42.5 Å². The number of rotatable bonds is 9. The number of thioether (sulfide) groups is 1. The Labute approximate surface area is 202 Å². The molecule has 0 radical (unpaired) electrons. The van der Waals surface area contributed by atoms with Crippen LogP contribution in [0.1, 0.15) is 18.9 Å². The van der Waals surface area contributed by atoms with E-state index in [4.69, 9.17) is 14.5 Å². The van der Waals surface area contributed by atoms with Crippen LogP contribution in [0, 0.1) is 0 Å². The Morgan fingerprint density at radius 3 is 2.83 bits per heavy atom. The van der Waals surface area contributed by atoms with E-state index in [1.54, 1.807) is 6.08 Å². The molecule has 0 aliphatic carbocycles. The first-order chi connectivity index (χ1) is 14.3. The summed E-state index contributed by atoms with van der Waals surface area (Å²) in [6.45, 7) is 12.3. The van der Waals surface area contributed by atoms with Gasteiger partial charge in [-0.05, 0) is 25.2 Å². The summed E-state index contributed by atoms with van der Waals surface area (Å²) in [5.41, 5.74) is 1.26. The van der Waals surface area contributed by atoms with Gasteiger partial charge in [0, 0.05) is 43.0 Å². The second kappa shape index (κ2) is 13.4. The van der Waals surface area contributed by atoms with Crippen molar-refractivity contribution in [3.63, 3.8) is 0 Å². The van der Waals surface area contributed by atoms with Crippen molar-refractivity contribution in [2.75, 3.05) is 57.5 Å². The zero-order valence-electron chi connectivity index (χ0n) is 17.9. The molecule has 6 nitrogen and oxygen atoms in total. The van der Waals surface area contributed by atoms with E-state index in [1.165, 1.54) is 12.2 Å². The minimum absolute atomic E-state index is 0. The minimum Gasteiger partial charge on any atom is -0.489 e. The molecular weight excluding hydrogens is 511 g/mol. The van der Waals surface area contributed by atoms with E-state index in [1.807, 2.05) is 18.2 Å². The molecule has 3 rings (SSSR count). The summed E-state index contributed by atoms with van der Waals surface area (Å²) in [5, 5.41) is 7.01. The van der Waals surface area contributed by atoms with Crippen LogP contribution in [0.25, 0.3) is 0 Å². The van der Waals surface area contributed by atoms with Gasteiger partial charge in [0.15, 0.2) is 5.96 Å². The highest BCUT2D eigenvalue weighted by Gasteiger charge is 2.40. The Morgan fingerprint density at radius 2 is 2.13 bits per heavy atom. The lowest BCUT2D eigenvalue weighted by Gasteiger charge is -2.43. The van der Waals surface area contributed by atoms with E-state index < -0.39 is 0 Å². The molecule has 2 heterocycles. The normalized spacial score (nSPS) is 22.2. The molecule has 0 spiro atoms. The number of nitrogens with one attached hydrogen (secondary N) is 2. The molecule has 1 atom stereocenters. The number of ether oxygens (including phenoxy) is 2. The summed E-state index contributed by atoms with van der Waals surface area (Å²) in [4.78, 5) is 7.44. The molecule has 8 heteroatoms. The summed E-state index contributed by atoms with van der Waals surface area (Å²) in [6, 6.07) is 8.06. The fourth-order valence-corrected chi connectivity index (χ4v) is 5.29. The van der Waals surface area contributed by atoms with Gasteiger partial charge < -0.3 is 20.1 Å². The van der Waals surface area contributed by atoms with Crippen molar-refractivity contribution in [1.82, 2.24) is 15.5 Å². The molecule has 0 saturated carbocycles. The van der Waals surface area contributed by atoms with Crippen LogP contribution in [0.5, 0.6) is 5.75 Å². The van der Waals surface area contributed by atoms with E-state index in [9.17, 15) is 0 Å². The highest BCUT2D eigenvalue weighted by Crippen LogP contribution is 2.33. The van der Waals surface area contributed by atoms with Crippen molar-refractivity contribution in [3.8, 4) is 5.75 Å². The molecule has 0 amide bonds. The lowest BCUT2D eigenvalue weighted by atomic mass is 9.95. The predicted octanol–water partition coefficient (Wildman–Crippen LogP) is 3.13. The van der Waals surface area contributed by atoms with Gasteiger partial charge in [-0.1, -0.05) is 30.9 Å². The lowest BCUT2D eigenvalue weighted by molar-refractivity contribution is -0.0120. The molecule has 168 valence electrons. The number of hydrogen-bond donors (Lipinski definition) is 2. The number of para-hydroxylation sites is 1. The molecule has 2 aliphatic heterocycles. The second-order valence-corrected chi connectivity index (χ2v) is 8.49. The van der Waals surface area contributed by atoms with Gasteiger partial charge in [-0.2, -0.15) is 11.8 Å². The third-order valence-corrected chi connectivity index (χ3v) is 6.66. The third kappa shape index (κ3) is 7.03. The van der Waals surface area contributed by atoms with Crippen molar-refractivity contribution in [2.24, 2.45) is 4.99 Å². The number of guanidine groups is 1. The van der Waals surface area contributed by atoms with Crippen LogP contribution >= 0.6 is 35.7 Å². The number of halogens is 1. The van der Waals surface area contributed by atoms with Gasteiger partial charge in [0.1, 0.15) is 12.4 Å². The van der Waals surface area contributed by atoms with Crippen LogP contribution in [0.15, 0.2) is 41.9 Å². The average Bonchev–Trinajstić information content (AvgIpc) is 3.25. The first-order valence-electron chi connectivity index (χ1n) is 10.5. The Kier molecular flexibility index (Phi) is 11.3. The monoisotopic (exact) mass is 546 g/mol. The van der Waals surface area contributed by atoms with Crippen LogP contribution in [-0.2, 0) is 11.3 Å². The molecule has 1 unspecified atom stereocenters. The molecule has 2 fully saturated rings. The number of benzene rings is 1. The summed E-state index contributed by atoms with van der Waals surface area (Å²) in [5.74, 6) is 4.11. The number of nitrogens with zero attached hydrogens (tertiary/aromatic N) is 2. The smallest absolute Gasteiger partial charge is 0.191 e. The number of morpholine rings is 1. The minimum atomic E-state index is 0. The molecule has 2 aliphatic rings. The summed E-state index contributed by atoms with van der Waals surface area (Å²) >= 11 is 2.05. The van der Waals surface area contributed by atoms with Crippen LogP contribution in [0.3, 0.4) is 0 Å². The highest BCUT2D eigenvalue weighted by molar-refractivity contribution is 14.0. The summed E-state index contributed by atoms with van der Waals surface area (Å²) < 4.78 is 11.3. The molecule has 2 saturated heterocycles. The maximum Gasteiger partial charge on any atom is 0.191 e. The largest absolute Gasteiger partial charge is 0.489 e. The zero-order chi connectivity index (χ0) is 20.4. The van der Waals surface area contributed by atoms with E-state index in [0.29, 0.717) is 13.2 Å². The molecule has 1 aromatic rings. The fraction of sp³-hybridized carbons (Fsp3) is 0.591. The number of aliphatic imine (C=N–C) groups is 1. The first kappa shape index (κ1) is 25.3. The van der Waals surface area contributed by atoms with E-state index in [2.05, 4.69) is 46.9 Å². The van der Waals surface area contributed by atoms with Gasteiger partial charge in [0.05, 0.1) is 19.8 Å². The van der Waals surface area contributed by atoms with E-state index >= 15 is 0 Å². The molecule has 0 aromatic heterocycles. The Balaban J connectivity index is 0.00000320. The number of hydrogen-bond acceptors (Lipinski definition) is 5. The standard InChI is InChI=1S/C22H34N4O2S.HI/c1-3-12-28-20-8-6-5-7-19(20)16-24-21(23-4-2)25-17-22(9-15-29-18-22)26-10-13-27-14-11-26;/h3,5-8H,1,4,9-18H2,2H3,(H2,23,24,25);1H. The van der Waals surface area contributed by atoms with Crippen molar-refractivity contribution in [1.29, 1.82) is 0 Å². The Bertz CT molecular complexity index is 677. The maximum atomic E-state index is 5.77. The van der Waals surface area contributed by atoms with Gasteiger partial charge in [-0.3, -0.25) is 4.90 Å². The van der Waals surface area contributed by atoms with Crippen molar-refractivity contribution < 1.29 is 9.47 Å². The van der Waals surface area contributed by atoms with E-state index in [0.717, 1.165) is 62.4 Å². The maximum absolute atomic E-state index is 5.77. The van der Waals surface area contributed by atoms with Crippen LogP contribution in [0.2, 0.25) is 0 Å². The lowest BCUT2D eigenvalue weighted by Crippen LogP contribution is -2.60. The Morgan fingerprint density at radius 1 is 1.33 bits per heavy atom. The van der Waals surface area contributed by atoms with Crippen molar-refractivity contribution in [2.45, 2.75) is 25.4 Å². The molecule has 2 N–H and O–H groups in total. The highest BCUT2D eigenvalue weighted by atomic mass is 127.